The molecular formula is C12H22N4O. The zero-order valence-corrected chi connectivity index (χ0v) is 10.9. The minimum Gasteiger partial charge on any atom is -0.393 e. The fourth-order valence-corrected chi connectivity index (χ4v) is 2.53. The third-order valence-corrected chi connectivity index (χ3v) is 3.76. The van der Waals surface area contributed by atoms with Crippen LogP contribution in [0.1, 0.15) is 30.9 Å². The number of hydrogen-bond donors (Lipinski definition) is 1. The quantitative estimate of drug-likeness (QED) is 0.839. The highest BCUT2D eigenvalue weighted by molar-refractivity contribution is 4.92. The number of hydrogen-bond acceptors (Lipinski definition) is 4. The summed E-state index contributed by atoms with van der Waals surface area (Å²) in [6, 6.07) is 0. The molecule has 1 saturated carbocycles. The Morgan fingerprint density at radius 3 is 2.71 bits per heavy atom. The summed E-state index contributed by atoms with van der Waals surface area (Å²) in [5, 5.41) is 18.0. The molecule has 5 heteroatoms. The smallest absolute Gasteiger partial charge is 0.146 e. The fraction of sp³-hybridized carbons (Fsp3) is 0.833. The Hall–Kier alpha value is -0.940. The van der Waals surface area contributed by atoms with E-state index in [0.717, 1.165) is 44.0 Å². The van der Waals surface area contributed by atoms with Gasteiger partial charge in [-0.1, -0.05) is 6.42 Å². The van der Waals surface area contributed by atoms with Gasteiger partial charge in [0.15, 0.2) is 0 Å². The van der Waals surface area contributed by atoms with E-state index in [-0.39, 0.29) is 6.10 Å². The Balaban J connectivity index is 1.88. The third-order valence-electron chi connectivity index (χ3n) is 3.76. The summed E-state index contributed by atoms with van der Waals surface area (Å²) in [6.07, 6.45) is 3.15. The van der Waals surface area contributed by atoms with Crippen molar-refractivity contribution in [2.24, 2.45) is 13.0 Å². The molecule has 0 bridgehead atoms. The van der Waals surface area contributed by atoms with E-state index >= 15 is 0 Å². The minimum atomic E-state index is -0.112. The van der Waals surface area contributed by atoms with Gasteiger partial charge in [-0.05, 0) is 32.7 Å². The average Bonchev–Trinajstić information content (AvgIpc) is 2.80. The summed E-state index contributed by atoms with van der Waals surface area (Å²) in [5.41, 5.74) is 0. The van der Waals surface area contributed by atoms with Crippen LogP contribution in [0.25, 0.3) is 0 Å². The van der Waals surface area contributed by atoms with Crippen molar-refractivity contribution in [2.45, 2.75) is 38.8 Å². The molecule has 1 heterocycles. The molecular weight excluding hydrogens is 216 g/mol. The van der Waals surface area contributed by atoms with Crippen LogP contribution in [0.2, 0.25) is 0 Å². The Bertz CT molecular complexity index is 377. The molecule has 0 saturated heterocycles. The van der Waals surface area contributed by atoms with Gasteiger partial charge in [-0.3, -0.25) is 4.90 Å². The predicted octanol–water partition coefficient (Wildman–Crippen LogP) is 0.716. The van der Waals surface area contributed by atoms with E-state index in [2.05, 4.69) is 22.1 Å². The molecule has 1 aliphatic rings. The Kier molecular flexibility index (Phi) is 3.79. The molecule has 0 amide bonds. The molecule has 1 aromatic heterocycles. The normalized spacial score (nSPS) is 24.8. The number of rotatable bonds is 4. The molecule has 0 aromatic carbocycles. The van der Waals surface area contributed by atoms with Crippen LogP contribution in [0.15, 0.2) is 0 Å². The highest BCUT2D eigenvalue weighted by atomic mass is 16.3. The molecule has 1 aliphatic carbocycles. The lowest BCUT2D eigenvalue weighted by Gasteiger charge is -2.22. The van der Waals surface area contributed by atoms with E-state index in [9.17, 15) is 5.11 Å². The number of aryl methyl sites for hydroxylation is 1. The second-order valence-corrected chi connectivity index (χ2v) is 5.18. The largest absolute Gasteiger partial charge is 0.393 e. The molecule has 0 spiro atoms. The van der Waals surface area contributed by atoms with E-state index in [4.69, 9.17) is 0 Å². The van der Waals surface area contributed by atoms with Crippen molar-refractivity contribution >= 4 is 0 Å². The van der Waals surface area contributed by atoms with Crippen LogP contribution in [0, 0.1) is 12.8 Å². The van der Waals surface area contributed by atoms with Crippen molar-refractivity contribution < 1.29 is 5.11 Å². The Labute approximate surface area is 102 Å². The molecule has 0 aliphatic heterocycles. The first-order valence-electron chi connectivity index (χ1n) is 6.29. The van der Waals surface area contributed by atoms with Gasteiger partial charge in [-0.25, -0.2) is 0 Å². The first-order valence-corrected chi connectivity index (χ1v) is 6.29. The second kappa shape index (κ2) is 5.14. The molecule has 96 valence electrons. The third kappa shape index (κ3) is 2.84. The topological polar surface area (TPSA) is 54.2 Å². The van der Waals surface area contributed by atoms with Crippen molar-refractivity contribution in [3.63, 3.8) is 0 Å². The van der Waals surface area contributed by atoms with Gasteiger partial charge >= 0.3 is 0 Å². The van der Waals surface area contributed by atoms with Crippen molar-refractivity contribution in [1.82, 2.24) is 19.7 Å². The molecule has 2 rings (SSSR count). The van der Waals surface area contributed by atoms with E-state index in [1.807, 2.05) is 18.5 Å². The monoisotopic (exact) mass is 238 g/mol. The molecule has 1 aromatic rings. The minimum absolute atomic E-state index is 0.112. The maximum Gasteiger partial charge on any atom is 0.146 e. The number of nitrogens with zero attached hydrogens (tertiary/aromatic N) is 4. The summed E-state index contributed by atoms with van der Waals surface area (Å²) >= 11 is 0. The summed E-state index contributed by atoms with van der Waals surface area (Å²) in [5.74, 6) is 2.35. The highest BCUT2D eigenvalue weighted by Gasteiger charge is 2.26. The molecule has 5 nitrogen and oxygen atoms in total. The molecule has 2 atom stereocenters. The van der Waals surface area contributed by atoms with Crippen molar-refractivity contribution in [1.29, 1.82) is 0 Å². The van der Waals surface area contributed by atoms with Gasteiger partial charge in [-0.15, -0.1) is 10.2 Å². The zero-order valence-electron chi connectivity index (χ0n) is 10.9. The van der Waals surface area contributed by atoms with Gasteiger partial charge in [0.1, 0.15) is 11.6 Å². The van der Waals surface area contributed by atoms with Crippen molar-refractivity contribution in [2.75, 3.05) is 13.6 Å². The Morgan fingerprint density at radius 1 is 1.41 bits per heavy atom. The van der Waals surface area contributed by atoms with Crippen molar-refractivity contribution in [3.8, 4) is 0 Å². The van der Waals surface area contributed by atoms with E-state index in [1.165, 1.54) is 0 Å². The lowest BCUT2D eigenvalue weighted by atomic mass is 10.1. The van der Waals surface area contributed by atoms with Gasteiger partial charge in [0.25, 0.3) is 0 Å². The maximum atomic E-state index is 9.80. The van der Waals surface area contributed by atoms with Crippen LogP contribution < -0.4 is 0 Å². The molecule has 0 radical (unpaired) electrons. The van der Waals surface area contributed by atoms with Gasteiger partial charge in [0, 0.05) is 13.6 Å². The van der Waals surface area contributed by atoms with Crippen LogP contribution in [0.5, 0.6) is 0 Å². The summed E-state index contributed by atoms with van der Waals surface area (Å²) < 4.78 is 2.02. The lowest BCUT2D eigenvalue weighted by Crippen LogP contribution is -2.30. The maximum absolute atomic E-state index is 9.80. The van der Waals surface area contributed by atoms with Crippen LogP contribution in [-0.2, 0) is 13.6 Å². The summed E-state index contributed by atoms with van der Waals surface area (Å²) in [6.45, 7) is 3.69. The van der Waals surface area contributed by atoms with Crippen LogP contribution in [0.3, 0.4) is 0 Å². The number of aliphatic hydroxyl groups excluding tert-OH is 1. The average molecular weight is 238 g/mol. The van der Waals surface area contributed by atoms with Gasteiger partial charge in [-0.2, -0.15) is 0 Å². The molecule has 2 unspecified atom stereocenters. The Morgan fingerprint density at radius 2 is 2.18 bits per heavy atom. The van der Waals surface area contributed by atoms with Crippen LogP contribution in [-0.4, -0.2) is 44.5 Å². The second-order valence-electron chi connectivity index (χ2n) is 5.18. The van der Waals surface area contributed by atoms with Gasteiger partial charge in [0.2, 0.25) is 0 Å². The van der Waals surface area contributed by atoms with E-state index < -0.39 is 0 Å². The van der Waals surface area contributed by atoms with Crippen LogP contribution >= 0.6 is 0 Å². The van der Waals surface area contributed by atoms with Gasteiger partial charge in [0.05, 0.1) is 12.6 Å². The molecule has 17 heavy (non-hydrogen) atoms. The first-order chi connectivity index (χ1) is 8.08. The summed E-state index contributed by atoms with van der Waals surface area (Å²) in [7, 11) is 4.07. The fourth-order valence-electron chi connectivity index (χ4n) is 2.53. The molecule has 1 fully saturated rings. The molecule has 1 N–H and O–H groups in total. The highest BCUT2D eigenvalue weighted by Crippen LogP contribution is 2.26. The predicted molar refractivity (Wildman–Crippen MR) is 65.4 cm³/mol. The van der Waals surface area contributed by atoms with Crippen LogP contribution in [0.4, 0.5) is 0 Å². The lowest BCUT2D eigenvalue weighted by molar-refractivity contribution is 0.107. The van der Waals surface area contributed by atoms with Crippen molar-refractivity contribution in [3.05, 3.63) is 11.6 Å². The SMILES string of the molecule is Cc1nnc(CN(C)CC2CCCC2O)n1C. The van der Waals surface area contributed by atoms with E-state index in [0.29, 0.717) is 5.92 Å². The van der Waals surface area contributed by atoms with E-state index in [1.54, 1.807) is 0 Å². The van der Waals surface area contributed by atoms with Gasteiger partial charge < -0.3 is 9.67 Å². The number of aliphatic hydroxyl groups is 1. The zero-order chi connectivity index (χ0) is 12.4. The standard InChI is InChI=1S/C12H22N4O/c1-9-13-14-12(16(9)3)8-15(2)7-10-5-4-6-11(10)17/h10-11,17H,4-8H2,1-3H3. The summed E-state index contributed by atoms with van der Waals surface area (Å²) in [4.78, 5) is 2.22. The first kappa shape index (κ1) is 12.5. The number of aromatic nitrogens is 3.